The summed E-state index contributed by atoms with van der Waals surface area (Å²) in [5.74, 6) is -0.812. The van der Waals surface area contributed by atoms with Crippen molar-refractivity contribution in [1.82, 2.24) is 10.2 Å². The third-order valence-electron chi connectivity index (χ3n) is 6.05. The Labute approximate surface area is 238 Å². The van der Waals surface area contributed by atoms with Crippen molar-refractivity contribution < 1.29 is 18.0 Å². The van der Waals surface area contributed by atoms with Crippen LogP contribution in [0, 0.1) is 6.92 Å². The van der Waals surface area contributed by atoms with E-state index in [1.54, 1.807) is 38.1 Å². The Morgan fingerprint density at radius 1 is 1.00 bits per heavy atom. The molecule has 0 saturated heterocycles. The third kappa shape index (κ3) is 7.36. The van der Waals surface area contributed by atoms with Crippen molar-refractivity contribution in [3.63, 3.8) is 0 Å². The normalized spacial score (nSPS) is 12.0. The predicted molar refractivity (Wildman–Crippen MR) is 155 cm³/mol. The van der Waals surface area contributed by atoms with E-state index in [4.69, 9.17) is 11.6 Å². The maximum atomic E-state index is 13.9. The molecule has 0 aliphatic heterocycles. The van der Waals surface area contributed by atoms with Crippen molar-refractivity contribution in [3.05, 3.63) is 93.4 Å². The molecule has 0 fully saturated rings. The molecule has 1 N–H and O–H groups in total. The molecule has 202 valence electrons. The van der Waals surface area contributed by atoms with Crippen LogP contribution in [0.4, 0.5) is 5.69 Å². The monoisotopic (exact) mass is 619 g/mol. The Kier molecular flexibility index (Phi) is 10.4. The van der Waals surface area contributed by atoms with Crippen molar-refractivity contribution in [2.75, 3.05) is 17.4 Å². The third-order valence-corrected chi connectivity index (χ3v) is 8.60. The van der Waals surface area contributed by atoms with E-state index in [1.165, 1.54) is 29.2 Å². The molecular weight excluding hydrogens is 590 g/mol. The minimum Gasteiger partial charge on any atom is -0.354 e. The van der Waals surface area contributed by atoms with E-state index in [0.717, 1.165) is 20.8 Å². The van der Waals surface area contributed by atoms with E-state index in [0.29, 0.717) is 22.8 Å². The number of nitrogens with zero attached hydrogens (tertiary/aromatic N) is 2. The fourth-order valence-corrected chi connectivity index (χ4v) is 5.72. The highest BCUT2D eigenvalue weighted by Crippen LogP contribution is 2.28. The molecule has 0 radical (unpaired) electrons. The topological polar surface area (TPSA) is 86.8 Å². The van der Waals surface area contributed by atoms with Gasteiger partial charge < -0.3 is 10.2 Å². The highest BCUT2D eigenvalue weighted by atomic mass is 79.9. The summed E-state index contributed by atoms with van der Waals surface area (Å²) in [5.41, 5.74) is 1.87. The average Bonchev–Trinajstić information content (AvgIpc) is 2.90. The van der Waals surface area contributed by atoms with Crippen molar-refractivity contribution in [1.29, 1.82) is 0 Å². The molecule has 2 amide bonds. The van der Waals surface area contributed by atoms with E-state index in [2.05, 4.69) is 21.2 Å². The Hall–Kier alpha value is -2.88. The molecular formula is C28H31BrClN3O4S. The number of hydrogen-bond donors (Lipinski definition) is 1. The number of carbonyl (C=O) groups excluding carboxylic acids is 2. The van der Waals surface area contributed by atoms with Gasteiger partial charge in [0.15, 0.2) is 0 Å². The zero-order valence-electron chi connectivity index (χ0n) is 21.5. The number of benzene rings is 3. The van der Waals surface area contributed by atoms with Gasteiger partial charge >= 0.3 is 0 Å². The average molecular weight is 621 g/mol. The van der Waals surface area contributed by atoms with Crippen molar-refractivity contribution in [3.8, 4) is 0 Å². The molecule has 0 heterocycles. The van der Waals surface area contributed by atoms with E-state index >= 15 is 0 Å². The second kappa shape index (κ2) is 13.3. The van der Waals surface area contributed by atoms with Gasteiger partial charge in [-0.1, -0.05) is 64.8 Å². The Morgan fingerprint density at radius 3 is 2.24 bits per heavy atom. The van der Waals surface area contributed by atoms with Gasteiger partial charge in [0.25, 0.3) is 10.0 Å². The van der Waals surface area contributed by atoms with Crippen molar-refractivity contribution in [2.45, 2.75) is 44.7 Å². The number of nitrogens with one attached hydrogen (secondary N) is 1. The molecule has 0 spiro atoms. The Morgan fingerprint density at radius 2 is 1.63 bits per heavy atom. The summed E-state index contributed by atoms with van der Waals surface area (Å²) in [6.07, 6.45) is 0.750. The fraction of sp³-hybridized carbons (Fsp3) is 0.286. The number of halogens is 2. The van der Waals surface area contributed by atoms with Crippen molar-refractivity contribution >= 4 is 55.1 Å². The molecule has 0 saturated carbocycles. The zero-order valence-corrected chi connectivity index (χ0v) is 24.7. The predicted octanol–water partition coefficient (Wildman–Crippen LogP) is 5.55. The second-order valence-corrected chi connectivity index (χ2v) is 12.1. The molecule has 1 unspecified atom stereocenters. The summed E-state index contributed by atoms with van der Waals surface area (Å²) < 4.78 is 29.6. The van der Waals surface area contributed by atoms with Crippen LogP contribution in [0.5, 0.6) is 0 Å². The smallest absolute Gasteiger partial charge is 0.264 e. The molecule has 0 aromatic heterocycles. The number of carbonyl (C=O) groups is 2. The van der Waals surface area contributed by atoms with Gasteiger partial charge in [-0.15, -0.1) is 0 Å². The van der Waals surface area contributed by atoms with Crippen molar-refractivity contribution in [2.24, 2.45) is 0 Å². The van der Waals surface area contributed by atoms with Gasteiger partial charge in [-0.2, -0.15) is 0 Å². The fourth-order valence-electron chi connectivity index (χ4n) is 3.86. The highest BCUT2D eigenvalue weighted by Gasteiger charge is 2.33. The first-order valence-corrected chi connectivity index (χ1v) is 14.8. The lowest BCUT2D eigenvalue weighted by Gasteiger charge is -2.32. The molecule has 1 atom stereocenters. The molecule has 3 aromatic carbocycles. The van der Waals surface area contributed by atoms with Crippen LogP contribution in [0.15, 0.2) is 82.2 Å². The molecule has 10 heteroatoms. The molecule has 38 heavy (non-hydrogen) atoms. The lowest BCUT2D eigenvalue weighted by molar-refractivity contribution is -0.139. The van der Waals surface area contributed by atoms with Crippen LogP contribution in [0.25, 0.3) is 0 Å². The maximum absolute atomic E-state index is 13.9. The summed E-state index contributed by atoms with van der Waals surface area (Å²) >= 11 is 9.40. The SMILES string of the molecule is CCCNC(=O)C(C)N(Cc1ccc(Br)cc1)C(=O)CN(c1ccccc1C)S(=O)(=O)c1ccc(Cl)cc1. The Balaban J connectivity index is 2.02. The molecule has 7 nitrogen and oxygen atoms in total. The quantitative estimate of drug-likeness (QED) is 0.305. The van der Waals surface area contributed by atoms with Crippen LogP contribution >= 0.6 is 27.5 Å². The number of hydrogen-bond acceptors (Lipinski definition) is 4. The minimum atomic E-state index is -4.14. The van der Waals surface area contributed by atoms with Gasteiger partial charge in [0.2, 0.25) is 11.8 Å². The van der Waals surface area contributed by atoms with E-state index in [-0.39, 0.29) is 17.3 Å². The van der Waals surface area contributed by atoms with Gasteiger partial charge in [0.05, 0.1) is 10.6 Å². The molecule has 0 bridgehead atoms. The molecule has 0 aliphatic rings. The van der Waals surface area contributed by atoms with Crippen LogP contribution < -0.4 is 9.62 Å². The van der Waals surface area contributed by atoms with Crippen LogP contribution in [0.2, 0.25) is 5.02 Å². The van der Waals surface area contributed by atoms with Gasteiger partial charge in [-0.3, -0.25) is 13.9 Å². The lowest BCUT2D eigenvalue weighted by Crippen LogP contribution is -2.51. The van der Waals surface area contributed by atoms with E-state index in [1.807, 2.05) is 31.2 Å². The summed E-state index contributed by atoms with van der Waals surface area (Å²) in [6.45, 7) is 5.49. The summed E-state index contributed by atoms with van der Waals surface area (Å²) in [6, 6.07) is 19.3. The maximum Gasteiger partial charge on any atom is 0.264 e. The standard InChI is InChI=1S/C28H31BrClN3O4S/c1-4-17-31-28(35)21(3)32(18-22-9-11-23(29)12-10-22)27(34)19-33(26-8-6-5-7-20(26)2)38(36,37)25-15-13-24(30)14-16-25/h5-16,21H,4,17-19H2,1-3H3,(H,31,35). The van der Waals surface area contributed by atoms with E-state index < -0.39 is 28.5 Å². The van der Waals surface area contributed by atoms with Crippen LogP contribution in [-0.2, 0) is 26.2 Å². The van der Waals surface area contributed by atoms with Gasteiger partial charge in [0, 0.05) is 22.6 Å². The molecule has 3 aromatic rings. The first kappa shape index (κ1) is 29.7. The first-order chi connectivity index (χ1) is 18.0. The van der Waals surface area contributed by atoms with Crippen LogP contribution in [0.1, 0.15) is 31.4 Å². The Bertz CT molecular complexity index is 1370. The van der Waals surface area contributed by atoms with E-state index in [9.17, 15) is 18.0 Å². The minimum absolute atomic E-state index is 0.00569. The van der Waals surface area contributed by atoms with Gasteiger partial charge in [-0.05, 0) is 73.9 Å². The van der Waals surface area contributed by atoms with Crippen LogP contribution in [-0.4, -0.2) is 44.3 Å². The zero-order chi connectivity index (χ0) is 27.9. The highest BCUT2D eigenvalue weighted by molar-refractivity contribution is 9.10. The number of rotatable bonds is 11. The van der Waals surface area contributed by atoms with Gasteiger partial charge in [0.1, 0.15) is 12.6 Å². The van der Waals surface area contributed by atoms with Crippen LogP contribution in [0.3, 0.4) is 0 Å². The summed E-state index contributed by atoms with van der Waals surface area (Å²) in [5, 5.41) is 3.23. The number of para-hydroxylation sites is 1. The largest absolute Gasteiger partial charge is 0.354 e. The second-order valence-electron chi connectivity index (χ2n) is 8.87. The lowest BCUT2D eigenvalue weighted by atomic mass is 10.1. The number of sulfonamides is 1. The summed E-state index contributed by atoms with van der Waals surface area (Å²) in [4.78, 5) is 28.2. The number of anilines is 1. The summed E-state index contributed by atoms with van der Waals surface area (Å²) in [7, 11) is -4.14. The van der Waals surface area contributed by atoms with Gasteiger partial charge in [-0.25, -0.2) is 8.42 Å². The number of aryl methyl sites for hydroxylation is 1. The molecule has 3 rings (SSSR count). The first-order valence-electron chi connectivity index (χ1n) is 12.2. The molecule has 0 aliphatic carbocycles. The number of amides is 2.